The Morgan fingerprint density at radius 3 is 2.56 bits per heavy atom. The summed E-state index contributed by atoms with van der Waals surface area (Å²) < 4.78 is 11.3. The maximum absolute atomic E-state index is 12.6. The number of anilines is 1. The molecular formula is C21H27NO3. The molecule has 0 saturated carbocycles. The summed E-state index contributed by atoms with van der Waals surface area (Å²) >= 11 is 0. The molecule has 0 heterocycles. The molecular weight excluding hydrogens is 314 g/mol. The SMILES string of the molecule is CCCOCc1cc(C(=O)Nc2ccccc2CC)ccc1OCC. The van der Waals surface area contributed by atoms with Crippen LogP contribution < -0.4 is 10.1 Å². The molecule has 0 bridgehead atoms. The Balaban J connectivity index is 2.19. The Hall–Kier alpha value is -2.33. The molecule has 0 spiro atoms. The zero-order valence-electron chi connectivity index (χ0n) is 15.3. The molecule has 0 aromatic heterocycles. The zero-order valence-corrected chi connectivity index (χ0v) is 15.3. The number of ether oxygens (including phenoxy) is 2. The summed E-state index contributed by atoms with van der Waals surface area (Å²) in [5.41, 5.74) is 3.47. The lowest BCUT2D eigenvalue weighted by molar-refractivity contribution is 0.102. The van der Waals surface area contributed by atoms with Crippen molar-refractivity contribution in [2.24, 2.45) is 0 Å². The second-order valence-corrected chi connectivity index (χ2v) is 5.77. The number of nitrogens with one attached hydrogen (secondary N) is 1. The van der Waals surface area contributed by atoms with E-state index in [9.17, 15) is 4.79 Å². The number of aryl methyl sites for hydroxylation is 1. The smallest absolute Gasteiger partial charge is 0.255 e. The molecule has 1 N–H and O–H groups in total. The number of rotatable bonds is 9. The van der Waals surface area contributed by atoms with Crippen LogP contribution in [-0.2, 0) is 17.8 Å². The molecule has 0 radical (unpaired) electrons. The monoisotopic (exact) mass is 341 g/mol. The van der Waals surface area contributed by atoms with Crippen LogP contribution in [0.2, 0.25) is 0 Å². The van der Waals surface area contributed by atoms with E-state index in [-0.39, 0.29) is 5.91 Å². The number of benzene rings is 2. The van der Waals surface area contributed by atoms with E-state index in [4.69, 9.17) is 9.47 Å². The Morgan fingerprint density at radius 1 is 1.04 bits per heavy atom. The van der Waals surface area contributed by atoms with Gasteiger partial charge in [-0.3, -0.25) is 4.79 Å². The Kier molecular flexibility index (Phi) is 7.48. The van der Waals surface area contributed by atoms with Crippen LogP contribution in [0.4, 0.5) is 5.69 Å². The van der Waals surface area contributed by atoms with Crippen LogP contribution in [0.3, 0.4) is 0 Å². The van der Waals surface area contributed by atoms with Gasteiger partial charge in [-0.25, -0.2) is 0 Å². The summed E-state index contributed by atoms with van der Waals surface area (Å²) in [5, 5.41) is 3.00. The van der Waals surface area contributed by atoms with Gasteiger partial charge in [-0.15, -0.1) is 0 Å². The molecule has 4 heteroatoms. The maximum atomic E-state index is 12.6. The van der Waals surface area contributed by atoms with Gasteiger partial charge in [0, 0.05) is 23.4 Å². The third kappa shape index (κ3) is 5.33. The van der Waals surface area contributed by atoms with E-state index in [0.29, 0.717) is 25.4 Å². The topological polar surface area (TPSA) is 47.6 Å². The fourth-order valence-electron chi connectivity index (χ4n) is 2.60. The van der Waals surface area contributed by atoms with Crippen molar-refractivity contribution in [2.75, 3.05) is 18.5 Å². The molecule has 0 atom stereocenters. The van der Waals surface area contributed by atoms with Crippen molar-refractivity contribution in [3.05, 3.63) is 59.2 Å². The van der Waals surface area contributed by atoms with Crippen LogP contribution >= 0.6 is 0 Å². The minimum Gasteiger partial charge on any atom is -0.494 e. The van der Waals surface area contributed by atoms with Crippen LogP contribution in [-0.4, -0.2) is 19.1 Å². The lowest BCUT2D eigenvalue weighted by Crippen LogP contribution is -2.14. The average Bonchev–Trinajstić information content (AvgIpc) is 2.63. The highest BCUT2D eigenvalue weighted by Gasteiger charge is 2.12. The van der Waals surface area contributed by atoms with E-state index >= 15 is 0 Å². The zero-order chi connectivity index (χ0) is 18.1. The van der Waals surface area contributed by atoms with Crippen molar-refractivity contribution in [1.82, 2.24) is 0 Å². The van der Waals surface area contributed by atoms with Gasteiger partial charge in [-0.05, 0) is 49.6 Å². The summed E-state index contributed by atoms with van der Waals surface area (Å²) in [6, 6.07) is 13.3. The quantitative estimate of drug-likeness (QED) is 0.665. The Labute approximate surface area is 150 Å². The molecule has 2 aromatic carbocycles. The van der Waals surface area contributed by atoms with Gasteiger partial charge in [-0.2, -0.15) is 0 Å². The van der Waals surface area contributed by atoms with Crippen LogP contribution in [0.5, 0.6) is 5.75 Å². The fourth-order valence-corrected chi connectivity index (χ4v) is 2.60. The summed E-state index contributed by atoms with van der Waals surface area (Å²) in [7, 11) is 0. The third-order valence-corrected chi connectivity index (χ3v) is 3.88. The second kappa shape index (κ2) is 9.84. The first kappa shape index (κ1) is 19.0. The first-order chi connectivity index (χ1) is 12.2. The number of carbonyl (C=O) groups excluding carboxylic acids is 1. The van der Waals surface area contributed by atoms with Crippen LogP contribution in [0.1, 0.15) is 48.7 Å². The Morgan fingerprint density at radius 2 is 1.84 bits per heavy atom. The molecule has 0 aliphatic heterocycles. The average molecular weight is 341 g/mol. The molecule has 0 unspecified atom stereocenters. The van der Waals surface area contributed by atoms with E-state index in [1.165, 1.54) is 0 Å². The minimum atomic E-state index is -0.124. The standard InChI is InChI=1S/C21H27NO3/c1-4-13-24-15-18-14-17(11-12-20(18)25-6-3)21(23)22-19-10-8-7-9-16(19)5-2/h7-12,14H,4-6,13,15H2,1-3H3,(H,22,23). The van der Waals surface area contributed by atoms with Crippen molar-refractivity contribution in [2.45, 2.75) is 40.2 Å². The molecule has 2 rings (SSSR count). The number of para-hydroxylation sites is 1. The van der Waals surface area contributed by atoms with Gasteiger partial charge < -0.3 is 14.8 Å². The maximum Gasteiger partial charge on any atom is 0.255 e. The predicted molar refractivity (Wildman–Crippen MR) is 101 cm³/mol. The molecule has 4 nitrogen and oxygen atoms in total. The number of amides is 1. The highest BCUT2D eigenvalue weighted by molar-refractivity contribution is 6.04. The molecule has 2 aromatic rings. The molecule has 25 heavy (non-hydrogen) atoms. The number of hydrogen-bond acceptors (Lipinski definition) is 3. The highest BCUT2D eigenvalue weighted by Crippen LogP contribution is 2.23. The van der Waals surface area contributed by atoms with Crippen molar-refractivity contribution >= 4 is 11.6 Å². The van der Waals surface area contributed by atoms with E-state index in [1.807, 2.05) is 43.3 Å². The van der Waals surface area contributed by atoms with Gasteiger partial charge in [0.15, 0.2) is 0 Å². The fraction of sp³-hybridized carbons (Fsp3) is 0.381. The number of hydrogen-bond donors (Lipinski definition) is 1. The highest BCUT2D eigenvalue weighted by atomic mass is 16.5. The minimum absolute atomic E-state index is 0.124. The molecule has 134 valence electrons. The van der Waals surface area contributed by atoms with Gasteiger partial charge in [0.05, 0.1) is 13.2 Å². The van der Waals surface area contributed by atoms with Crippen molar-refractivity contribution in [3.63, 3.8) is 0 Å². The van der Waals surface area contributed by atoms with E-state index in [0.717, 1.165) is 35.4 Å². The van der Waals surface area contributed by atoms with Gasteiger partial charge in [0.1, 0.15) is 5.75 Å². The van der Waals surface area contributed by atoms with Crippen LogP contribution in [0, 0.1) is 0 Å². The molecule has 0 fully saturated rings. The molecule has 0 aliphatic carbocycles. The van der Waals surface area contributed by atoms with E-state index in [2.05, 4.69) is 19.2 Å². The third-order valence-electron chi connectivity index (χ3n) is 3.88. The van der Waals surface area contributed by atoms with Crippen molar-refractivity contribution in [1.29, 1.82) is 0 Å². The summed E-state index contributed by atoms with van der Waals surface area (Å²) in [5.74, 6) is 0.643. The molecule has 1 amide bonds. The van der Waals surface area contributed by atoms with Gasteiger partial charge in [-0.1, -0.05) is 32.0 Å². The van der Waals surface area contributed by atoms with Crippen molar-refractivity contribution < 1.29 is 14.3 Å². The van der Waals surface area contributed by atoms with Gasteiger partial charge in [0.2, 0.25) is 0 Å². The normalized spacial score (nSPS) is 10.5. The number of carbonyl (C=O) groups is 1. The summed E-state index contributed by atoms with van der Waals surface area (Å²) in [6.07, 6.45) is 1.83. The summed E-state index contributed by atoms with van der Waals surface area (Å²) in [4.78, 5) is 12.6. The van der Waals surface area contributed by atoms with Crippen LogP contribution in [0.25, 0.3) is 0 Å². The van der Waals surface area contributed by atoms with E-state index < -0.39 is 0 Å². The van der Waals surface area contributed by atoms with Gasteiger partial charge >= 0.3 is 0 Å². The summed E-state index contributed by atoms with van der Waals surface area (Å²) in [6.45, 7) is 7.79. The van der Waals surface area contributed by atoms with Crippen molar-refractivity contribution in [3.8, 4) is 5.75 Å². The second-order valence-electron chi connectivity index (χ2n) is 5.77. The Bertz CT molecular complexity index is 697. The lowest BCUT2D eigenvalue weighted by Gasteiger charge is -2.14. The molecule has 0 saturated heterocycles. The first-order valence-electron chi connectivity index (χ1n) is 8.92. The predicted octanol–water partition coefficient (Wildman–Crippen LogP) is 4.83. The van der Waals surface area contributed by atoms with Gasteiger partial charge in [0.25, 0.3) is 5.91 Å². The first-order valence-corrected chi connectivity index (χ1v) is 8.92. The largest absolute Gasteiger partial charge is 0.494 e. The molecule has 0 aliphatic rings. The van der Waals surface area contributed by atoms with E-state index in [1.54, 1.807) is 6.07 Å². The lowest BCUT2D eigenvalue weighted by atomic mass is 10.1. The van der Waals surface area contributed by atoms with Crippen LogP contribution in [0.15, 0.2) is 42.5 Å².